The van der Waals surface area contributed by atoms with Crippen LogP contribution in [0.4, 0.5) is 5.69 Å². The molecule has 3 N–H and O–H groups in total. The summed E-state index contributed by atoms with van der Waals surface area (Å²) in [4.78, 5) is 35.9. The van der Waals surface area contributed by atoms with Crippen LogP contribution in [-0.4, -0.2) is 41.0 Å². The molecule has 0 bridgehead atoms. The molecule has 6 heterocycles. The van der Waals surface area contributed by atoms with Gasteiger partial charge in [0.2, 0.25) is 5.91 Å². The maximum absolute atomic E-state index is 12.0. The molecular formula is C26H22N8OS. The van der Waals surface area contributed by atoms with Gasteiger partial charge in [-0.1, -0.05) is 6.92 Å². The van der Waals surface area contributed by atoms with Crippen molar-refractivity contribution in [3.05, 3.63) is 60.1 Å². The van der Waals surface area contributed by atoms with Gasteiger partial charge in [-0.15, -0.1) is 11.3 Å². The van der Waals surface area contributed by atoms with Crippen molar-refractivity contribution in [1.29, 1.82) is 0 Å². The molecule has 0 atom stereocenters. The number of H-pyrrole nitrogens is 2. The lowest BCUT2D eigenvalue weighted by molar-refractivity contribution is -0.116. The Morgan fingerprint density at radius 2 is 1.92 bits per heavy atom. The molecule has 6 aromatic heterocycles. The first-order chi connectivity index (χ1) is 17.6. The SMILES string of the molecule is CCCC(=O)Nc1cncc(-c2cnc3n[nH]c(-c4nc5c(-c6ccc(C)s6)cncc5[nH]4)c3c2)c1. The van der Waals surface area contributed by atoms with E-state index in [0.717, 1.165) is 50.1 Å². The van der Waals surface area contributed by atoms with Crippen LogP contribution in [0.15, 0.2) is 55.2 Å². The summed E-state index contributed by atoms with van der Waals surface area (Å²) in [7, 11) is 0. The number of nitrogens with one attached hydrogen (secondary N) is 3. The predicted molar refractivity (Wildman–Crippen MR) is 142 cm³/mol. The zero-order valence-corrected chi connectivity index (χ0v) is 20.5. The van der Waals surface area contributed by atoms with Crippen molar-refractivity contribution < 1.29 is 4.79 Å². The summed E-state index contributed by atoms with van der Waals surface area (Å²) in [6, 6.07) is 8.09. The minimum atomic E-state index is -0.0291. The quantitative estimate of drug-likeness (QED) is 0.271. The highest BCUT2D eigenvalue weighted by molar-refractivity contribution is 7.15. The Kier molecular flexibility index (Phi) is 5.49. The third-order valence-electron chi connectivity index (χ3n) is 5.88. The van der Waals surface area contributed by atoms with E-state index < -0.39 is 0 Å². The molecule has 0 aliphatic heterocycles. The molecule has 9 nitrogen and oxygen atoms in total. The number of hydrogen-bond donors (Lipinski definition) is 3. The molecule has 0 aliphatic rings. The van der Waals surface area contributed by atoms with Gasteiger partial charge in [0.15, 0.2) is 11.5 Å². The second-order valence-electron chi connectivity index (χ2n) is 8.53. The molecule has 6 aromatic rings. The number of nitrogens with zero attached hydrogens (tertiary/aromatic N) is 5. The van der Waals surface area contributed by atoms with Crippen LogP contribution in [0.3, 0.4) is 0 Å². The number of carbonyl (C=O) groups excluding carboxylic acids is 1. The lowest BCUT2D eigenvalue weighted by atomic mass is 10.1. The van der Waals surface area contributed by atoms with E-state index in [1.165, 1.54) is 4.88 Å². The van der Waals surface area contributed by atoms with Gasteiger partial charge in [-0.3, -0.25) is 19.9 Å². The highest BCUT2D eigenvalue weighted by atomic mass is 32.1. The highest BCUT2D eigenvalue weighted by Crippen LogP contribution is 2.34. The Hall–Kier alpha value is -4.44. The lowest BCUT2D eigenvalue weighted by Crippen LogP contribution is -2.10. The molecule has 0 unspecified atom stereocenters. The Labute approximate surface area is 210 Å². The minimum Gasteiger partial charge on any atom is -0.335 e. The highest BCUT2D eigenvalue weighted by Gasteiger charge is 2.17. The third kappa shape index (κ3) is 4.01. The van der Waals surface area contributed by atoms with E-state index in [9.17, 15) is 4.79 Å². The summed E-state index contributed by atoms with van der Waals surface area (Å²) >= 11 is 1.72. The van der Waals surface area contributed by atoms with Crippen molar-refractivity contribution >= 4 is 45.0 Å². The first kappa shape index (κ1) is 22.1. The molecule has 36 heavy (non-hydrogen) atoms. The van der Waals surface area contributed by atoms with Gasteiger partial charge in [-0.05, 0) is 37.6 Å². The van der Waals surface area contributed by atoms with Crippen LogP contribution < -0.4 is 5.32 Å². The van der Waals surface area contributed by atoms with Gasteiger partial charge in [-0.2, -0.15) is 5.10 Å². The molecule has 1 amide bonds. The zero-order valence-electron chi connectivity index (χ0n) is 19.7. The molecule has 6 rings (SSSR count). The van der Waals surface area contributed by atoms with Gasteiger partial charge in [0, 0.05) is 51.5 Å². The molecule has 0 aliphatic carbocycles. The Morgan fingerprint density at radius 1 is 1.06 bits per heavy atom. The van der Waals surface area contributed by atoms with Crippen LogP contribution in [-0.2, 0) is 4.79 Å². The Bertz CT molecular complexity index is 1730. The maximum Gasteiger partial charge on any atom is 0.224 e. The lowest BCUT2D eigenvalue weighted by Gasteiger charge is -2.07. The summed E-state index contributed by atoms with van der Waals surface area (Å²) in [5.41, 5.74) is 6.37. The summed E-state index contributed by atoms with van der Waals surface area (Å²) in [6.45, 7) is 4.06. The second-order valence-corrected chi connectivity index (χ2v) is 9.82. The average molecular weight is 495 g/mol. The number of fused-ring (bicyclic) bond motifs is 2. The number of aromatic amines is 2. The molecule has 0 saturated heterocycles. The first-order valence-electron chi connectivity index (χ1n) is 11.6. The minimum absolute atomic E-state index is 0.0291. The number of pyridine rings is 3. The maximum atomic E-state index is 12.0. The van der Waals surface area contributed by atoms with Gasteiger partial charge < -0.3 is 10.3 Å². The number of carbonyl (C=O) groups is 1. The number of amides is 1. The van der Waals surface area contributed by atoms with Crippen molar-refractivity contribution in [2.75, 3.05) is 5.32 Å². The number of anilines is 1. The van der Waals surface area contributed by atoms with E-state index in [2.05, 4.69) is 54.5 Å². The van der Waals surface area contributed by atoms with Crippen LogP contribution >= 0.6 is 11.3 Å². The van der Waals surface area contributed by atoms with Crippen molar-refractivity contribution in [3.8, 4) is 33.1 Å². The fourth-order valence-corrected chi connectivity index (χ4v) is 5.04. The molecule has 10 heteroatoms. The summed E-state index contributed by atoms with van der Waals surface area (Å²) in [6.07, 6.45) is 10.0. The van der Waals surface area contributed by atoms with Crippen molar-refractivity contribution in [2.45, 2.75) is 26.7 Å². The fourth-order valence-electron chi connectivity index (χ4n) is 4.17. The van der Waals surface area contributed by atoms with Crippen LogP contribution in [0.25, 0.3) is 55.2 Å². The molecule has 0 spiro atoms. The van der Waals surface area contributed by atoms with E-state index in [-0.39, 0.29) is 5.91 Å². The Morgan fingerprint density at radius 3 is 2.75 bits per heavy atom. The van der Waals surface area contributed by atoms with Crippen molar-refractivity contribution in [3.63, 3.8) is 0 Å². The number of hydrogen-bond acceptors (Lipinski definition) is 7. The number of thiophene rings is 1. The van der Waals surface area contributed by atoms with Gasteiger partial charge in [0.1, 0.15) is 11.2 Å². The number of aryl methyl sites for hydroxylation is 1. The largest absolute Gasteiger partial charge is 0.335 e. The normalized spacial score (nSPS) is 11.4. The zero-order chi connectivity index (χ0) is 24.6. The fraction of sp³-hybridized carbons (Fsp3) is 0.154. The average Bonchev–Trinajstić information content (AvgIpc) is 3.61. The van der Waals surface area contributed by atoms with Gasteiger partial charge in [0.05, 0.1) is 29.0 Å². The van der Waals surface area contributed by atoms with Crippen molar-refractivity contribution in [2.24, 2.45) is 0 Å². The van der Waals surface area contributed by atoms with Crippen LogP contribution in [0.1, 0.15) is 24.6 Å². The van der Waals surface area contributed by atoms with E-state index in [1.807, 2.05) is 25.3 Å². The van der Waals surface area contributed by atoms with E-state index in [4.69, 9.17) is 4.98 Å². The molecule has 0 aromatic carbocycles. The predicted octanol–water partition coefficient (Wildman–Crippen LogP) is 5.73. The van der Waals surface area contributed by atoms with Gasteiger partial charge in [0.25, 0.3) is 0 Å². The molecule has 0 saturated carbocycles. The van der Waals surface area contributed by atoms with Crippen molar-refractivity contribution in [1.82, 2.24) is 35.1 Å². The van der Waals surface area contributed by atoms with E-state index in [1.54, 1.807) is 36.1 Å². The van der Waals surface area contributed by atoms with Gasteiger partial charge >= 0.3 is 0 Å². The summed E-state index contributed by atoms with van der Waals surface area (Å²) < 4.78 is 0. The number of imidazole rings is 1. The summed E-state index contributed by atoms with van der Waals surface area (Å²) in [5.74, 6) is 0.631. The third-order valence-corrected chi connectivity index (χ3v) is 6.91. The van der Waals surface area contributed by atoms with E-state index in [0.29, 0.717) is 23.6 Å². The topological polar surface area (TPSA) is 125 Å². The standard InChI is InChI=1S/C26H22N8OS/c1-3-4-22(35)30-17-7-15(9-27-11-17)16-8-18-24(33-34-25(18)29-10-16)26-31-20-13-28-12-19(23(20)32-26)21-6-5-14(2)36-21/h5-13H,3-4H2,1-2H3,(H,30,35)(H,31,32)(H,29,33,34). The number of rotatable bonds is 6. The smallest absolute Gasteiger partial charge is 0.224 e. The monoisotopic (exact) mass is 494 g/mol. The number of aromatic nitrogens is 7. The Balaban J connectivity index is 1.40. The summed E-state index contributed by atoms with van der Waals surface area (Å²) in [5, 5.41) is 11.2. The molecule has 0 radical (unpaired) electrons. The molecule has 178 valence electrons. The van der Waals surface area contributed by atoms with Crippen LogP contribution in [0.5, 0.6) is 0 Å². The van der Waals surface area contributed by atoms with Gasteiger partial charge in [-0.25, -0.2) is 9.97 Å². The molecule has 0 fully saturated rings. The van der Waals surface area contributed by atoms with Crippen LogP contribution in [0, 0.1) is 6.92 Å². The van der Waals surface area contributed by atoms with Crippen LogP contribution in [0.2, 0.25) is 0 Å². The second kappa shape index (κ2) is 8.97. The molecular weight excluding hydrogens is 472 g/mol. The van der Waals surface area contributed by atoms with E-state index >= 15 is 0 Å². The first-order valence-corrected chi connectivity index (χ1v) is 12.4.